The molecule has 0 saturated heterocycles. The Hall–Kier alpha value is -1.20. The lowest BCUT2D eigenvalue weighted by Crippen LogP contribution is -2.25. The van der Waals surface area contributed by atoms with Gasteiger partial charge in [-0.25, -0.2) is 0 Å². The molecule has 2 atom stereocenters. The molecule has 1 aliphatic carbocycles. The lowest BCUT2D eigenvalue weighted by molar-refractivity contribution is 0.249. The Morgan fingerprint density at radius 1 is 1.24 bits per heavy atom. The quantitative estimate of drug-likeness (QED) is 0.914. The van der Waals surface area contributed by atoms with Gasteiger partial charge in [0.25, 0.3) is 0 Å². The Bertz CT molecular complexity index is 599. The fraction of sp³-hybridized carbons (Fsp3) is 0.500. The van der Waals surface area contributed by atoms with Gasteiger partial charge in [-0.1, -0.05) is 52.1 Å². The third-order valence-electron chi connectivity index (χ3n) is 4.32. The zero-order valence-corrected chi connectivity index (χ0v) is 13.6. The highest BCUT2D eigenvalue weighted by atomic mass is 79.9. The molecule has 1 heterocycles. The van der Waals surface area contributed by atoms with Crippen molar-refractivity contribution in [2.45, 2.75) is 38.0 Å². The van der Waals surface area contributed by atoms with E-state index in [1.54, 1.807) is 0 Å². The minimum absolute atomic E-state index is 0.337. The van der Waals surface area contributed by atoms with Crippen LogP contribution >= 0.6 is 15.9 Å². The first-order chi connectivity index (χ1) is 10.3. The van der Waals surface area contributed by atoms with E-state index in [-0.39, 0.29) is 0 Å². The number of aromatic nitrogens is 2. The topological polar surface area (TPSA) is 64.9 Å². The summed E-state index contributed by atoms with van der Waals surface area (Å²) in [6.45, 7) is 0.701. The molecule has 1 aliphatic rings. The number of nitrogens with zero attached hydrogens (tertiary/aromatic N) is 2. The third-order valence-corrected chi connectivity index (χ3v) is 5.09. The number of halogens is 1. The van der Waals surface area contributed by atoms with E-state index >= 15 is 0 Å². The number of hydrogen-bond acceptors (Lipinski definition) is 4. The molecular formula is C16H20BrN3O. The second kappa shape index (κ2) is 6.71. The maximum atomic E-state index is 5.89. The molecule has 112 valence electrons. The van der Waals surface area contributed by atoms with Crippen LogP contribution in [0.25, 0.3) is 0 Å². The van der Waals surface area contributed by atoms with E-state index in [0.717, 1.165) is 22.6 Å². The van der Waals surface area contributed by atoms with Gasteiger partial charge in [0, 0.05) is 16.8 Å². The van der Waals surface area contributed by atoms with Crippen LogP contribution in [0, 0.1) is 5.92 Å². The fourth-order valence-corrected chi connectivity index (χ4v) is 3.54. The molecule has 5 heteroatoms. The highest BCUT2D eigenvalue weighted by Gasteiger charge is 2.29. The molecule has 21 heavy (non-hydrogen) atoms. The van der Waals surface area contributed by atoms with Gasteiger partial charge in [0.2, 0.25) is 5.89 Å². The summed E-state index contributed by atoms with van der Waals surface area (Å²) in [5.74, 6) is 2.34. The van der Waals surface area contributed by atoms with Crippen molar-refractivity contribution >= 4 is 15.9 Å². The van der Waals surface area contributed by atoms with Gasteiger partial charge in [-0.15, -0.1) is 0 Å². The molecule has 0 spiro atoms. The minimum atomic E-state index is 0.337. The van der Waals surface area contributed by atoms with Crippen molar-refractivity contribution in [2.24, 2.45) is 11.7 Å². The first kappa shape index (κ1) is 14.7. The van der Waals surface area contributed by atoms with E-state index < -0.39 is 0 Å². The smallest absolute Gasteiger partial charge is 0.230 e. The van der Waals surface area contributed by atoms with Crippen LogP contribution in [-0.2, 0) is 6.42 Å². The number of benzene rings is 1. The molecule has 3 rings (SSSR count). The molecule has 1 aromatic heterocycles. The summed E-state index contributed by atoms with van der Waals surface area (Å²) >= 11 is 3.56. The van der Waals surface area contributed by atoms with Crippen molar-refractivity contribution in [3.05, 3.63) is 46.0 Å². The van der Waals surface area contributed by atoms with Crippen molar-refractivity contribution < 1.29 is 4.52 Å². The van der Waals surface area contributed by atoms with Gasteiger partial charge in [-0.2, -0.15) is 4.98 Å². The van der Waals surface area contributed by atoms with Crippen molar-refractivity contribution in [3.8, 4) is 0 Å². The van der Waals surface area contributed by atoms with Gasteiger partial charge in [0.05, 0.1) is 0 Å². The maximum Gasteiger partial charge on any atom is 0.230 e. The van der Waals surface area contributed by atoms with Gasteiger partial charge < -0.3 is 10.3 Å². The first-order valence-corrected chi connectivity index (χ1v) is 8.33. The summed E-state index contributed by atoms with van der Waals surface area (Å²) in [4.78, 5) is 4.61. The predicted molar refractivity (Wildman–Crippen MR) is 85.0 cm³/mol. The summed E-state index contributed by atoms with van der Waals surface area (Å²) < 4.78 is 6.59. The molecule has 2 aromatic rings. The highest BCUT2D eigenvalue weighted by Crippen LogP contribution is 2.36. The third kappa shape index (κ3) is 3.35. The van der Waals surface area contributed by atoms with Gasteiger partial charge >= 0.3 is 0 Å². The highest BCUT2D eigenvalue weighted by molar-refractivity contribution is 9.10. The van der Waals surface area contributed by atoms with Crippen molar-refractivity contribution in [2.75, 3.05) is 6.54 Å². The van der Waals surface area contributed by atoms with Crippen molar-refractivity contribution in [1.29, 1.82) is 0 Å². The monoisotopic (exact) mass is 349 g/mol. The molecule has 1 saturated carbocycles. The van der Waals surface area contributed by atoms with Crippen LogP contribution in [0.2, 0.25) is 0 Å². The predicted octanol–water partition coefficient (Wildman–Crippen LogP) is 3.66. The van der Waals surface area contributed by atoms with Gasteiger partial charge in [-0.05, 0) is 36.9 Å². The normalized spacial score (nSPS) is 22.4. The van der Waals surface area contributed by atoms with Crippen LogP contribution in [-0.4, -0.2) is 16.7 Å². The van der Waals surface area contributed by atoms with Crippen LogP contribution in [0.3, 0.4) is 0 Å². The standard InChI is InChI=1S/C16H20BrN3O/c17-14-8-4-2-5-11(14)9-15-19-16(21-20-15)13-7-3-1-6-12(13)10-18/h2,4-5,8,12-13H,1,3,6-7,9-10,18H2. The molecule has 0 radical (unpaired) electrons. The van der Waals surface area contributed by atoms with Gasteiger partial charge in [0.1, 0.15) is 0 Å². The van der Waals surface area contributed by atoms with Crippen LogP contribution in [0.5, 0.6) is 0 Å². The molecule has 1 aromatic carbocycles. The molecule has 0 bridgehead atoms. The molecule has 4 nitrogen and oxygen atoms in total. The zero-order valence-electron chi connectivity index (χ0n) is 12.0. The van der Waals surface area contributed by atoms with E-state index in [2.05, 4.69) is 32.1 Å². The second-order valence-electron chi connectivity index (χ2n) is 5.70. The van der Waals surface area contributed by atoms with E-state index in [1.807, 2.05) is 18.2 Å². The molecule has 0 amide bonds. The van der Waals surface area contributed by atoms with Crippen molar-refractivity contribution in [1.82, 2.24) is 10.1 Å². The average Bonchev–Trinajstić information content (AvgIpc) is 2.98. The zero-order chi connectivity index (χ0) is 14.7. The van der Waals surface area contributed by atoms with Gasteiger partial charge in [0.15, 0.2) is 5.82 Å². The van der Waals surface area contributed by atoms with Crippen molar-refractivity contribution in [3.63, 3.8) is 0 Å². The van der Waals surface area contributed by atoms with Crippen LogP contribution < -0.4 is 5.73 Å². The first-order valence-electron chi connectivity index (χ1n) is 7.54. The van der Waals surface area contributed by atoms with E-state index in [1.165, 1.54) is 24.8 Å². The van der Waals surface area contributed by atoms with Crippen LogP contribution in [0.4, 0.5) is 0 Å². The van der Waals surface area contributed by atoms with E-state index in [9.17, 15) is 0 Å². The number of hydrogen-bond donors (Lipinski definition) is 1. The summed E-state index contributed by atoms with van der Waals surface area (Å²) in [5.41, 5.74) is 7.06. The van der Waals surface area contributed by atoms with Crippen LogP contribution in [0.1, 0.15) is 48.9 Å². The SMILES string of the molecule is NCC1CCCCC1c1nc(Cc2ccccc2Br)no1. The molecule has 2 N–H and O–H groups in total. The molecule has 0 aliphatic heterocycles. The Morgan fingerprint density at radius 3 is 2.86 bits per heavy atom. The molecule has 2 unspecified atom stereocenters. The van der Waals surface area contributed by atoms with Crippen LogP contribution in [0.15, 0.2) is 33.3 Å². The Labute approximate surface area is 133 Å². The fourth-order valence-electron chi connectivity index (χ4n) is 3.12. The molecule has 1 fully saturated rings. The molecular weight excluding hydrogens is 330 g/mol. The summed E-state index contributed by atoms with van der Waals surface area (Å²) in [6.07, 6.45) is 5.45. The lowest BCUT2D eigenvalue weighted by atomic mass is 9.79. The maximum absolute atomic E-state index is 5.89. The van der Waals surface area contributed by atoms with E-state index in [4.69, 9.17) is 10.3 Å². The summed E-state index contributed by atoms with van der Waals surface area (Å²) in [5, 5.41) is 4.15. The van der Waals surface area contributed by atoms with Gasteiger partial charge in [-0.3, -0.25) is 0 Å². The van der Waals surface area contributed by atoms with E-state index in [0.29, 0.717) is 24.8 Å². The number of nitrogens with two attached hydrogens (primary N) is 1. The Balaban J connectivity index is 1.75. The second-order valence-corrected chi connectivity index (χ2v) is 6.56. The average molecular weight is 350 g/mol. The summed E-state index contributed by atoms with van der Waals surface area (Å²) in [7, 11) is 0. The minimum Gasteiger partial charge on any atom is -0.339 e. The Morgan fingerprint density at radius 2 is 2.05 bits per heavy atom. The summed E-state index contributed by atoms with van der Waals surface area (Å²) in [6, 6.07) is 8.13. The Kier molecular flexibility index (Phi) is 4.70. The largest absolute Gasteiger partial charge is 0.339 e. The lowest BCUT2D eigenvalue weighted by Gasteiger charge is -2.27. The number of rotatable bonds is 4.